The summed E-state index contributed by atoms with van der Waals surface area (Å²) in [6.45, 7) is 48.8. The van der Waals surface area contributed by atoms with Gasteiger partial charge in [0.25, 0.3) is 0 Å². The quantitative estimate of drug-likeness (QED) is 0.0214. The molecule has 0 bridgehead atoms. The molecular weight excluding hydrogens is 1390 g/mol. The number of rotatable bonds is 20. The summed E-state index contributed by atoms with van der Waals surface area (Å²) in [7, 11) is 0. The van der Waals surface area contributed by atoms with Crippen molar-refractivity contribution in [3.05, 3.63) is 226 Å². The zero-order valence-electron chi connectivity index (χ0n) is 71.1. The molecule has 3 aromatic heterocycles. The number of aromatic nitrogens is 9. The number of phenolic OH excluding ortho intramolecular Hbond substituents is 6. The zero-order chi connectivity index (χ0) is 82.5. The summed E-state index contributed by atoms with van der Waals surface area (Å²) in [4.78, 5) is 4.57. The second-order valence-corrected chi connectivity index (χ2v) is 37.6. The monoisotopic (exact) mass is 1520 g/mol. The smallest absolute Gasteiger partial charge is 0.146 e. The molecule has 0 radical (unpaired) electrons. The van der Waals surface area contributed by atoms with Gasteiger partial charge < -0.3 is 36.4 Å². The van der Waals surface area contributed by atoms with Gasteiger partial charge in [-0.2, -0.15) is 0 Å². The van der Waals surface area contributed by atoms with E-state index in [0.717, 1.165) is 87.5 Å². The van der Waals surface area contributed by atoms with Crippen LogP contribution >= 0.6 is 0 Å². The van der Waals surface area contributed by atoms with Gasteiger partial charge >= 0.3 is 0 Å². The largest absolute Gasteiger partial charge is 0.508 e. The highest BCUT2D eigenvalue weighted by molar-refractivity contribution is 5.76. The van der Waals surface area contributed by atoms with Crippen LogP contribution in [0.1, 0.15) is 261 Å². The lowest BCUT2D eigenvalue weighted by molar-refractivity contribution is 0.283. The van der Waals surface area contributed by atoms with Crippen LogP contribution in [-0.2, 0) is 39.9 Å². The van der Waals surface area contributed by atoms with Gasteiger partial charge in [-0.15, -0.1) is 45.0 Å². The molecule has 16 nitrogen and oxygen atoms in total. The molecule has 0 amide bonds. The first-order chi connectivity index (χ1) is 52.3. The van der Waals surface area contributed by atoms with Crippen molar-refractivity contribution in [1.82, 2.24) is 45.0 Å². The number of unbranched alkanes of at least 4 members (excludes halogenated alkanes) is 5. The van der Waals surface area contributed by atoms with E-state index in [1.54, 1.807) is 30.3 Å². The first kappa shape index (κ1) is 87.4. The summed E-state index contributed by atoms with van der Waals surface area (Å²) in [5.74, 6) is 1.29. The maximum Gasteiger partial charge on any atom is 0.146 e. The lowest BCUT2D eigenvalue weighted by Gasteiger charge is -2.34. The number of para-hydroxylation sites is 1. The van der Waals surface area contributed by atoms with E-state index < -0.39 is 0 Å². The fraction of sp³-hybridized carbons (Fsp3) is 0.438. The van der Waals surface area contributed by atoms with E-state index in [1.807, 2.05) is 140 Å². The van der Waals surface area contributed by atoms with Crippen molar-refractivity contribution >= 4 is 38.8 Å². The number of nitrogens with two attached hydrogens (primary N) is 1. The Morgan fingerprint density at radius 1 is 0.312 bits per heavy atom. The van der Waals surface area contributed by atoms with Crippen molar-refractivity contribution in [2.75, 3.05) is 5.73 Å². The summed E-state index contributed by atoms with van der Waals surface area (Å²) >= 11 is 0. The Kier molecular flexibility index (Phi) is 28.1. The Morgan fingerprint density at radius 2 is 0.661 bits per heavy atom. The van der Waals surface area contributed by atoms with E-state index in [2.05, 4.69) is 175 Å². The minimum atomic E-state index is -0.231. The van der Waals surface area contributed by atoms with Crippen molar-refractivity contribution in [3.8, 4) is 51.6 Å². The van der Waals surface area contributed by atoms with Gasteiger partial charge in [0.1, 0.15) is 84.7 Å². The predicted molar refractivity (Wildman–Crippen MR) is 464 cm³/mol. The molecule has 0 spiro atoms. The third-order valence-electron chi connectivity index (χ3n) is 20.7. The van der Waals surface area contributed by atoms with E-state index in [4.69, 9.17) is 26.1 Å². The minimum Gasteiger partial charge on any atom is -0.508 e. The number of aromatic hydroxyl groups is 6. The van der Waals surface area contributed by atoms with Crippen molar-refractivity contribution in [1.29, 1.82) is 0 Å². The van der Waals surface area contributed by atoms with E-state index in [-0.39, 0.29) is 67.3 Å². The topological polar surface area (TPSA) is 240 Å². The molecular formula is C96H128N10O6. The number of hydrogen-bond acceptors (Lipinski definition) is 13. The molecule has 0 aliphatic carbocycles. The molecule has 3 heterocycles. The molecule has 112 heavy (non-hydrogen) atoms. The molecule has 0 aliphatic rings. The first-order valence-electron chi connectivity index (χ1n) is 40.0. The van der Waals surface area contributed by atoms with Crippen LogP contribution in [0, 0.1) is 16.2 Å². The summed E-state index contributed by atoms with van der Waals surface area (Å²) in [5, 5.41) is 89.9. The van der Waals surface area contributed by atoms with Crippen LogP contribution in [0.25, 0.3) is 50.2 Å². The van der Waals surface area contributed by atoms with E-state index in [9.17, 15) is 30.6 Å². The van der Waals surface area contributed by atoms with Crippen LogP contribution < -0.4 is 5.73 Å². The van der Waals surface area contributed by atoms with Gasteiger partial charge in [0.2, 0.25) is 0 Å². The molecule has 598 valence electrons. The molecule has 12 aromatic rings. The Morgan fingerprint density at radius 3 is 1.04 bits per heavy atom. The molecule has 0 saturated carbocycles. The highest BCUT2D eigenvalue weighted by Crippen LogP contribution is 2.45. The molecule has 8 N–H and O–H groups in total. The third kappa shape index (κ3) is 24.2. The molecule has 0 atom stereocenters. The molecule has 0 fully saturated rings. The summed E-state index contributed by atoms with van der Waals surface area (Å²) < 4.78 is 0. The number of hydrogen-bond donors (Lipinski definition) is 7. The third-order valence-corrected chi connectivity index (χ3v) is 20.7. The Balaban J connectivity index is 0.000000203. The fourth-order valence-electron chi connectivity index (χ4n) is 15.2. The molecule has 0 unspecified atom stereocenters. The van der Waals surface area contributed by atoms with Crippen molar-refractivity contribution < 1.29 is 30.6 Å². The molecule has 0 saturated heterocycles. The first-order valence-corrected chi connectivity index (χ1v) is 40.0. The Hall–Kier alpha value is -10.2. The number of benzene rings is 9. The lowest BCUT2D eigenvalue weighted by Crippen LogP contribution is -2.25. The van der Waals surface area contributed by atoms with Crippen LogP contribution in [0.15, 0.2) is 182 Å². The van der Waals surface area contributed by atoms with Gasteiger partial charge in [-0.3, -0.25) is 0 Å². The average molecular weight is 1520 g/mol. The summed E-state index contributed by atoms with van der Waals surface area (Å²) in [5.41, 5.74) is 20.8. The normalized spacial score (nSPS) is 12.3. The lowest BCUT2D eigenvalue weighted by atomic mass is 9.71. The highest BCUT2D eigenvalue weighted by Gasteiger charge is 2.33. The maximum absolute atomic E-state index is 12.0. The average Bonchev–Trinajstić information content (AvgIpc) is 1.25. The van der Waals surface area contributed by atoms with Gasteiger partial charge in [0, 0.05) is 17.5 Å². The van der Waals surface area contributed by atoms with E-state index >= 15 is 0 Å². The van der Waals surface area contributed by atoms with Gasteiger partial charge in [-0.1, -0.05) is 275 Å². The second-order valence-electron chi connectivity index (χ2n) is 37.6. The second kappa shape index (κ2) is 36.1. The number of nitrogen functional groups attached to an aromatic ring is 1. The van der Waals surface area contributed by atoms with Crippen molar-refractivity contribution in [2.45, 2.75) is 256 Å². The zero-order valence-corrected chi connectivity index (χ0v) is 71.1. The van der Waals surface area contributed by atoms with Crippen molar-refractivity contribution in [3.63, 3.8) is 0 Å². The Bertz CT molecular complexity index is 4820. The number of fused-ring (bicyclic) bond motifs is 3. The van der Waals surface area contributed by atoms with E-state index in [1.165, 1.54) is 64.0 Å². The molecule has 0 aliphatic heterocycles. The Labute approximate surface area is 667 Å². The van der Waals surface area contributed by atoms with Crippen molar-refractivity contribution in [2.24, 2.45) is 16.2 Å². The SMILES string of the molecule is CC(C)(C)CC(C)(C)c1cc(Cc2cc(C(C)(C)CC(C)(C)C)cc(-n3nc4ccccc4n3)c2O)c(O)c(-n2nc3ccccc3n2)c1.CC(C)(C)CC(C)(C)c1ccc(O)cc1.CC(C)(C)c1ccc(O)c(-n2nc3ccccc3n2)c1.CCC(C)(C)c1ccc(O)c(N)c1.CCCCCCCCc1ccccc1O. The predicted octanol–water partition coefficient (Wildman–Crippen LogP) is 24.1. The number of anilines is 1. The van der Waals surface area contributed by atoms with Crippen LogP contribution in [0.5, 0.6) is 34.5 Å². The standard InChI is InChI=1S/C41H50N6O2.C16H17N3O.2C14H22O.C11H17NO/c1-38(2,3)24-40(7,8)28-20-26(36(48)34(22-28)46-42-30-15-11-12-16-31(30)43-46)19-27-21-29(41(9,10)25-39(4,5)6)23-35(37(27)49)47-44-32-17-13-14-18-33(32)45-47;1-16(2,3)11-8-9-15(20)14(10-11)19-17-12-6-4-5-7-13(12)18-19;1-13(2,3)10-14(4,5)11-6-8-12(15)9-7-11;1-2-3-4-5-6-7-10-13-11-8-9-12-14(13)15;1-4-11(2,3)8-5-6-10(13)9(12)7-8/h11-18,20-23,48-49H,19,24-25H2,1-10H3;4-10,20H,1-3H3;6-9,15H,10H2,1-5H3;8-9,11-12,15H,2-7,10H2,1H3;5-7,13H,4,12H2,1-3H3. The summed E-state index contributed by atoms with van der Waals surface area (Å²) in [6.07, 6.45) is 13.1. The fourth-order valence-corrected chi connectivity index (χ4v) is 15.2. The van der Waals surface area contributed by atoms with Gasteiger partial charge in [-0.05, 0) is 206 Å². The van der Waals surface area contributed by atoms with Gasteiger partial charge in [-0.25, -0.2) is 0 Å². The van der Waals surface area contributed by atoms with Crippen LogP contribution in [0.2, 0.25) is 0 Å². The molecule has 12 rings (SSSR count). The van der Waals surface area contributed by atoms with Gasteiger partial charge in [0.15, 0.2) is 0 Å². The summed E-state index contributed by atoms with van der Waals surface area (Å²) in [6, 6.07) is 57.5. The maximum atomic E-state index is 12.0. The number of phenols is 6. The minimum absolute atomic E-state index is 0.00895. The molecule has 16 heteroatoms. The van der Waals surface area contributed by atoms with Crippen LogP contribution in [-0.4, -0.2) is 75.6 Å². The van der Waals surface area contributed by atoms with Crippen LogP contribution in [0.3, 0.4) is 0 Å². The molecule has 9 aromatic carbocycles. The highest BCUT2D eigenvalue weighted by atomic mass is 16.3. The van der Waals surface area contributed by atoms with E-state index in [0.29, 0.717) is 50.8 Å². The number of aryl methyl sites for hydroxylation is 1. The van der Waals surface area contributed by atoms with Gasteiger partial charge in [0.05, 0.1) is 5.69 Å². The number of nitrogens with zero attached hydrogens (tertiary/aromatic N) is 9. The van der Waals surface area contributed by atoms with Crippen LogP contribution in [0.4, 0.5) is 5.69 Å².